The predicted molar refractivity (Wildman–Crippen MR) is 70.2 cm³/mol. The van der Waals surface area contributed by atoms with Crippen molar-refractivity contribution in [1.82, 2.24) is 9.97 Å². The molecule has 0 saturated carbocycles. The maximum absolute atomic E-state index is 10.9. The predicted octanol–water partition coefficient (Wildman–Crippen LogP) is 0.758. The number of carboxylic acids is 1. The monoisotopic (exact) mass is 266 g/mol. The molecule has 1 aliphatic heterocycles. The number of nitrogens with two attached hydrogens (primary N) is 1. The van der Waals surface area contributed by atoms with E-state index in [0.717, 1.165) is 0 Å². The summed E-state index contributed by atoms with van der Waals surface area (Å²) in [6.45, 7) is 3.61. The molecule has 1 aromatic heterocycles. The topological polar surface area (TPSA) is 102 Å². The Morgan fingerprint density at radius 3 is 2.79 bits per heavy atom. The van der Waals surface area contributed by atoms with Crippen LogP contribution in [0, 0.1) is 5.92 Å². The zero-order valence-corrected chi connectivity index (χ0v) is 10.9. The maximum Gasteiger partial charge on any atom is 0.306 e. The van der Waals surface area contributed by atoms with Crippen LogP contribution in [0.4, 0.5) is 11.5 Å². The Bertz CT molecular complexity index is 458. The quantitative estimate of drug-likeness (QED) is 0.829. The van der Waals surface area contributed by atoms with Gasteiger partial charge in [0.25, 0.3) is 0 Å². The van der Waals surface area contributed by atoms with Crippen LogP contribution < -0.4 is 15.4 Å². The molecule has 19 heavy (non-hydrogen) atoms. The molecular weight excluding hydrogens is 248 g/mol. The van der Waals surface area contributed by atoms with Crippen LogP contribution in [0.1, 0.15) is 19.8 Å². The van der Waals surface area contributed by atoms with Gasteiger partial charge in [0, 0.05) is 13.1 Å². The highest BCUT2D eigenvalue weighted by Gasteiger charge is 2.26. The first-order chi connectivity index (χ1) is 9.13. The second-order valence-corrected chi connectivity index (χ2v) is 4.45. The number of aliphatic carboxylic acids is 1. The molecule has 7 nitrogen and oxygen atoms in total. The van der Waals surface area contributed by atoms with Crippen molar-refractivity contribution in [3.8, 4) is 5.88 Å². The summed E-state index contributed by atoms with van der Waals surface area (Å²) in [7, 11) is 0. The van der Waals surface area contributed by atoms with E-state index in [1.54, 1.807) is 0 Å². The lowest BCUT2D eigenvalue weighted by atomic mass is 9.97. The highest BCUT2D eigenvalue weighted by Crippen LogP contribution is 2.30. The van der Waals surface area contributed by atoms with Gasteiger partial charge >= 0.3 is 5.97 Å². The summed E-state index contributed by atoms with van der Waals surface area (Å²) in [5.41, 5.74) is 6.40. The van der Waals surface area contributed by atoms with Crippen molar-refractivity contribution < 1.29 is 14.6 Å². The first-order valence-corrected chi connectivity index (χ1v) is 6.34. The number of ether oxygens (including phenoxy) is 1. The van der Waals surface area contributed by atoms with Crippen LogP contribution in [0.5, 0.6) is 5.88 Å². The van der Waals surface area contributed by atoms with Gasteiger partial charge in [-0.3, -0.25) is 4.79 Å². The number of nitrogens with zero attached hydrogens (tertiary/aromatic N) is 3. The molecule has 0 atom stereocenters. The summed E-state index contributed by atoms with van der Waals surface area (Å²) < 4.78 is 5.33. The normalized spacial score (nSPS) is 16.4. The number of anilines is 2. The fourth-order valence-corrected chi connectivity index (χ4v) is 2.21. The second kappa shape index (κ2) is 5.73. The molecule has 1 saturated heterocycles. The van der Waals surface area contributed by atoms with Crippen LogP contribution in [0.15, 0.2) is 6.33 Å². The fourth-order valence-electron chi connectivity index (χ4n) is 2.21. The molecule has 0 radical (unpaired) electrons. The number of carbonyl (C=O) groups is 1. The lowest BCUT2D eigenvalue weighted by Gasteiger charge is -2.31. The van der Waals surface area contributed by atoms with E-state index in [9.17, 15) is 4.79 Å². The van der Waals surface area contributed by atoms with Gasteiger partial charge in [-0.15, -0.1) is 0 Å². The summed E-state index contributed by atoms with van der Waals surface area (Å²) in [4.78, 5) is 21.1. The van der Waals surface area contributed by atoms with Crippen LogP contribution in [0.2, 0.25) is 0 Å². The highest BCUT2D eigenvalue weighted by atomic mass is 16.5. The second-order valence-electron chi connectivity index (χ2n) is 4.45. The average Bonchev–Trinajstić information content (AvgIpc) is 2.41. The van der Waals surface area contributed by atoms with Crippen LogP contribution in [-0.2, 0) is 4.79 Å². The SMILES string of the molecule is CCOc1ncnc(N2CCC(C(=O)O)CC2)c1N. The molecule has 104 valence electrons. The van der Waals surface area contributed by atoms with Crippen molar-refractivity contribution in [2.24, 2.45) is 5.92 Å². The molecule has 0 aromatic carbocycles. The number of aromatic nitrogens is 2. The molecule has 7 heteroatoms. The molecule has 1 aliphatic rings. The smallest absolute Gasteiger partial charge is 0.306 e. The van der Waals surface area contributed by atoms with E-state index in [1.165, 1.54) is 6.33 Å². The van der Waals surface area contributed by atoms with Crippen LogP contribution in [0.25, 0.3) is 0 Å². The molecule has 1 fully saturated rings. The Morgan fingerprint density at radius 1 is 1.53 bits per heavy atom. The molecule has 2 heterocycles. The van der Waals surface area contributed by atoms with E-state index >= 15 is 0 Å². The molecule has 2 rings (SSSR count). The van der Waals surface area contributed by atoms with Crippen LogP contribution in [-0.4, -0.2) is 40.7 Å². The van der Waals surface area contributed by atoms with Crippen molar-refractivity contribution in [3.05, 3.63) is 6.33 Å². The standard InChI is InChI=1S/C12H18N4O3/c1-2-19-11-9(13)10(14-7-15-11)16-5-3-8(4-6-16)12(17)18/h7-8H,2-6,13H2,1H3,(H,17,18). The lowest BCUT2D eigenvalue weighted by Crippen LogP contribution is -2.37. The minimum absolute atomic E-state index is 0.273. The largest absolute Gasteiger partial charge is 0.481 e. The third kappa shape index (κ3) is 2.86. The maximum atomic E-state index is 10.9. The molecule has 0 unspecified atom stereocenters. The Labute approximate surface area is 111 Å². The van der Waals surface area contributed by atoms with Gasteiger partial charge in [0.15, 0.2) is 5.82 Å². The molecule has 0 amide bonds. The summed E-state index contributed by atoms with van der Waals surface area (Å²) in [5, 5.41) is 8.97. The number of carboxylic acid groups (broad SMARTS) is 1. The van der Waals surface area contributed by atoms with Crippen molar-refractivity contribution in [2.45, 2.75) is 19.8 Å². The van der Waals surface area contributed by atoms with Crippen molar-refractivity contribution in [3.63, 3.8) is 0 Å². The van der Waals surface area contributed by atoms with E-state index in [2.05, 4.69) is 9.97 Å². The van der Waals surface area contributed by atoms with E-state index in [0.29, 0.717) is 49.9 Å². The summed E-state index contributed by atoms with van der Waals surface area (Å²) >= 11 is 0. The summed E-state index contributed by atoms with van der Waals surface area (Å²) in [6.07, 6.45) is 2.62. The first kappa shape index (κ1) is 13.4. The zero-order chi connectivity index (χ0) is 13.8. The van der Waals surface area contributed by atoms with E-state index in [4.69, 9.17) is 15.6 Å². The Kier molecular flexibility index (Phi) is 4.03. The Hall–Kier alpha value is -2.05. The van der Waals surface area contributed by atoms with Gasteiger partial charge in [-0.25, -0.2) is 4.98 Å². The third-order valence-corrected chi connectivity index (χ3v) is 3.25. The van der Waals surface area contributed by atoms with E-state index < -0.39 is 5.97 Å². The van der Waals surface area contributed by atoms with E-state index in [-0.39, 0.29) is 5.92 Å². The average molecular weight is 266 g/mol. The fraction of sp³-hybridized carbons (Fsp3) is 0.583. The van der Waals surface area contributed by atoms with Crippen LogP contribution >= 0.6 is 0 Å². The van der Waals surface area contributed by atoms with Gasteiger partial charge < -0.3 is 20.5 Å². The molecule has 3 N–H and O–H groups in total. The number of hydrogen-bond donors (Lipinski definition) is 2. The zero-order valence-electron chi connectivity index (χ0n) is 10.9. The Morgan fingerprint density at radius 2 is 2.21 bits per heavy atom. The number of hydrogen-bond acceptors (Lipinski definition) is 6. The van der Waals surface area contributed by atoms with Gasteiger partial charge in [0.05, 0.1) is 12.5 Å². The first-order valence-electron chi connectivity index (χ1n) is 6.34. The van der Waals surface area contributed by atoms with Gasteiger partial charge in [0.2, 0.25) is 5.88 Å². The highest BCUT2D eigenvalue weighted by molar-refractivity contribution is 5.71. The van der Waals surface area contributed by atoms with Gasteiger partial charge in [-0.05, 0) is 19.8 Å². The van der Waals surface area contributed by atoms with Gasteiger partial charge in [-0.2, -0.15) is 4.98 Å². The van der Waals surface area contributed by atoms with Crippen molar-refractivity contribution >= 4 is 17.5 Å². The molecule has 1 aromatic rings. The van der Waals surface area contributed by atoms with Crippen LogP contribution in [0.3, 0.4) is 0 Å². The summed E-state index contributed by atoms with van der Waals surface area (Å²) in [6, 6.07) is 0. The minimum atomic E-state index is -0.731. The summed E-state index contributed by atoms with van der Waals surface area (Å²) in [5.74, 6) is 0.00568. The third-order valence-electron chi connectivity index (χ3n) is 3.25. The number of piperidine rings is 1. The van der Waals surface area contributed by atoms with Gasteiger partial charge in [-0.1, -0.05) is 0 Å². The lowest BCUT2D eigenvalue weighted by molar-refractivity contribution is -0.142. The molecular formula is C12H18N4O3. The Balaban J connectivity index is 2.11. The molecule has 0 aliphatic carbocycles. The van der Waals surface area contributed by atoms with E-state index in [1.807, 2.05) is 11.8 Å². The van der Waals surface area contributed by atoms with Crippen molar-refractivity contribution in [2.75, 3.05) is 30.3 Å². The number of rotatable bonds is 4. The minimum Gasteiger partial charge on any atom is -0.481 e. The molecule has 0 spiro atoms. The van der Waals surface area contributed by atoms with Gasteiger partial charge in [0.1, 0.15) is 12.0 Å². The number of nitrogen functional groups attached to an aromatic ring is 1. The van der Waals surface area contributed by atoms with Crippen molar-refractivity contribution in [1.29, 1.82) is 0 Å². The molecule has 0 bridgehead atoms.